The molecule has 0 aliphatic heterocycles. The molecular formula is C16H16N4OS. The van der Waals surface area contributed by atoms with E-state index in [0.717, 1.165) is 22.5 Å². The Bertz CT molecular complexity index is 806. The van der Waals surface area contributed by atoms with Crippen molar-refractivity contribution < 1.29 is 4.79 Å². The first-order valence-corrected chi connectivity index (χ1v) is 7.89. The number of thiazole rings is 1. The Balaban J connectivity index is 1.88. The van der Waals surface area contributed by atoms with E-state index in [1.165, 1.54) is 11.3 Å². The number of hydrogen-bond acceptors (Lipinski definition) is 4. The molecule has 0 bridgehead atoms. The highest BCUT2D eigenvalue weighted by molar-refractivity contribution is 7.14. The maximum atomic E-state index is 11.4. The van der Waals surface area contributed by atoms with Crippen molar-refractivity contribution in [3.63, 3.8) is 0 Å². The van der Waals surface area contributed by atoms with Crippen molar-refractivity contribution in [2.75, 3.05) is 5.32 Å². The molecule has 22 heavy (non-hydrogen) atoms. The summed E-state index contributed by atoms with van der Waals surface area (Å²) in [6.07, 6.45) is 2.37. The summed E-state index contributed by atoms with van der Waals surface area (Å²) in [5.74, 6) is -0.0249. The van der Waals surface area contributed by atoms with Crippen LogP contribution in [0.25, 0.3) is 22.5 Å². The first-order valence-electron chi connectivity index (χ1n) is 7.01. The fourth-order valence-electron chi connectivity index (χ4n) is 2.08. The van der Waals surface area contributed by atoms with Crippen LogP contribution in [0.2, 0.25) is 0 Å². The van der Waals surface area contributed by atoms with Crippen molar-refractivity contribution in [3.8, 4) is 22.5 Å². The number of rotatable bonds is 4. The van der Waals surface area contributed by atoms with Gasteiger partial charge in [-0.25, -0.2) is 4.98 Å². The van der Waals surface area contributed by atoms with Gasteiger partial charge in [0.2, 0.25) is 5.91 Å². The lowest BCUT2D eigenvalue weighted by Gasteiger charge is -2.01. The molecule has 5 nitrogen and oxygen atoms in total. The average molecular weight is 312 g/mol. The summed E-state index contributed by atoms with van der Waals surface area (Å²) in [5.41, 5.74) is 3.84. The molecule has 112 valence electrons. The number of nitrogens with zero attached hydrogens (tertiary/aromatic N) is 3. The highest BCUT2D eigenvalue weighted by Gasteiger charge is 2.08. The maximum absolute atomic E-state index is 11.4. The van der Waals surface area contributed by atoms with Crippen LogP contribution in [0.15, 0.2) is 41.9 Å². The SMILES string of the molecule is CCC(=O)Nc1nc(-c2cccc(-c3ccn(C)n3)c2)cs1. The van der Waals surface area contributed by atoms with Crippen molar-refractivity contribution >= 4 is 22.4 Å². The molecule has 1 aromatic carbocycles. The molecule has 0 radical (unpaired) electrons. The summed E-state index contributed by atoms with van der Waals surface area (Å²) in [4.78, 5) is 15.9. The lowest BCUT2D eigenvalue weighted by Crippen LogP contribution is -2.08. The van der Waals surface area contributed by atoms with Crippen LogP contribution in [0, 0.1) is 0 Å². The van der Waals surface area contributed by atoms with Gasteiger partial charge in [0.05, 0.1) is 11.4 Å². The molecular weight excluding hydrogens is 296 g/mol. The second kappa shape index (κ2) is 6.11. The Hall–Kier alpha value is -2.47. The first-order chi connectivity index (χ1) is 10.7. The highest BCUT2D eigenvalue weighted by atomic mass is 32.1. The standard InChI is InChI=1S/C16H16N4OS/c1-3-15(21)18-16-17-14(10-22-16)12-6-4-5-11(9-12)13-7-8-20(2)19-13/h4-10H,3H2,1-2H3,(H,17,18,21). The van der Waals surface area contributed by atoms with Crippen LogP contribution in [-0.4, -0.2) is 20.7 Å². The van der Waals surface area contributed by atoms with Crippen LogP contribution < -0.4 is 5.32 Å². The summed E-state index contributed by atoms with van der Waals surface area (Å²) in [7, 11) is 1.90. The van der Waals surface area contributed by atoms with Crippen molar-refractivity contribution in [1.82, 2.24) is 14.8 Å². The number of benzene rings is 1. The van der Waals surface area contributed by atoms with Crippen molar-refractivity contribution in [2.24, 2.45) is 7.05 Å². The van der Waals surface area contributed by atoms with Crippen LogP contribution in [0.1, 0.15) is 13.3 Å². The molecule has 2 aromatic heterocycles. The quantitative estimate of drug-likeness (QED) is 0.801. The van der Waals surface area contributed by atoms with Crippen molar-refractivity contribution in [3.05, 3.63) is 41.9 Å². The van der Waals surface area contributed by atoms with Crippen molar-refractivity contribution in [2.45, 2.75) is 13.3 Å². The Labute approximate surface area is 132 Å². The van der Waals surface area contributed by atoms with E-state index >= 15 is 0 Å². The molecule has 0 saturated heterocycles. The Morgan fingerprint density at radius 1 is 1.27 bits per heavy atom. The van der Waals surface area contributed by atoms with E-state index in [0.29, 0.717) is 11.6 Å². The van der Waals surface area contributed by atoms with Gasteiger partial charge in [-0.3, -0.25) is 9.48 Å². The fourth-order valence-corrected chi connectivity index (χ4v) is 2.81. The number of carbonyl (C=O) groups is 1. The van der Waals surface area contributed by atoms with Gasteiger partial charge in [-0.1, -0.05) is 25.1 Å². The molecule has 0 fully saturated rings. The zero-order valence-corrected chi connectivity index (χ0v) is 13.2. The normalized spacial score (nSPS) is 10.6. The zero-order chi connectivity index (χ0) is 15.5. The van der Waals surface area contributed by atoms with Gasteiger partial charge in [-0.05, 0) is 12.1 Å². The Morgan fingerprint density at radius 2 is 2.05 bits per heavy atom. The minimum absolute atomic E-state index is 0.0249. The third-order valence-corrected chi connectivity index (χ3v) is 4.00. The molecule has 0 atom stereocenters. The molecule has 6 heteroatoms. The molecule has 0 spiro atoms. The second-order valence-corrected chi connectivity index (χ2v) is 5.75. The minimum atomic E-state index is -0.0249. The van der Waals surface area contributed by atoms with E-state index in [1.807, 2.05) is 49.8 Å². The summed E-state index contributed by atoms with van der Waals surface area (Å²) in [5, 5.41) is 9.77. The molecule has 3 aromatic rings. The van der Waals surface area contributed by atoms with E-state index in [1.54, 1.807) is 4.68 Å². The first kappa shape index (κ1) is 14.5. The molecule has 1 amide bonds. The third kappa shape index (κ3) is 3.07. The van der Waals surface area contributed by atoms with Gasteiger partial charge in [-0.15, -0.1) is 11.3 Å². The predicted molar refractivity (Wildman–Crippen MR) is 88.7 cm³/mol. The lowest BCUT2D eigenvalue weighted by molar-refractivity contribution is -0.115. The van der Waals surface area contributed by atoms with Gasteiger partial charge < -0.3 is 5.32 Å². The molecule has 0 aliphatic carbocycles. The van der Waals surface area contributed by atoms with Gasteiger partial charge in [0.15, 0.2) is 5.13 Å². The lowest BCUT2D eigenvalue weighted by atomic mass is 10.1. The number of aromatic nitrogens is 3. The van der Waals surface area contributed by atoms with E-state index in [4.69, 9.17) is 0 Å². The third-order valence-electron chi connectivity index (χ3n) is 3.24. The second-order valence-electron chi connectivity index (χ2n) is 4.90. The molecule has 0 aliphatic rings. The molecule has 1 N–H and O–H groups in total. The number of anilines is 1. The van der Waals surface area contributed by atoms with E-state index in [2.05, 4.69) is 21.5 Å². The zero-order valence-electron chi connectivity index (χ0n) is 12.4. The fraction of sp³-hybridized carbons (Fsp3) is 0.188. The summed E-state index contributed by atoms with van der Waals surface area (Å²) in [6.45, 7) is 1.82. The molecule has 3 rings (SSSR count). The largest absolute Gasteiger partial charge is 0.302 e. The number of aryl methyl sites for hydroxylation is 1. The van der Waals surface area contributed by atoms with Crippen LogP contribution in [-0.2, 0) is 11.8 Å². The van der Waals surface area contributed by atoms with Crippen LogP contribution in [0.3, 0.4) is 0 Å². The molecule has 2 heterocycles. The number of carbonyl (C=O) groups excluding carboxylic acids is 1. The van der Waals surface area contributed by atoms with Crippen LogP contribution in [0.4, 0.5) is 5.13 Å². The van der Waals surface area contributed by atoms with Crippen LogP contribution >= 0.6 is 11.3 Å². The Morgan fingerprint density at radius 3 is 2.73 bits per heavy atom. The number of nitrogens with one attached hydrogen (secondary N) is 1. The monoisotopic (exact) mass is 312 g/mol. The van der Waals surface area contributed by atoms with Crippen LogP contribution in [0.5, 0.6) is 0 Å². The van der Waals surface area contributed by atoms with E-state index in [-0.39, 0.29) is 5.91 Å². The molecule has 0 saturated carbocycles. The minimum Gasteiger partial charge on any atom is -0.302 e. The summed E-state index contributed by atoms with van der Waals surface area (Å²) < 4.78 is 1.78. The summed E-state index contributed by atoms with van der Waals surface area (Å²) >= 11 is 1.43. The average Bonchev–Trinajstić information content (AvgIpc) is 3.16. The maximum Gasteiger partial charge on any atom is 0.225 e. The predicted octanol–water partition coefficient (Wildman–Crippen LogP) is 3.56. The topological polar surface area (TPSA) is 59.8 Å². The van der Waals surface area contributed by atoms with E-state index in [9.17, 15) is 4.79 Å². The van der Waals surface area contributed by atoms with E-state index < -0.39 is 0 Å². The number of amides is 1. The highest BCUT2D eigenvalue weighted by Crippen LogP contribution is 2.28. The Kier molecular flexibility index (Phi) is 4.02. The van der Waals surface area contributed by atoms with Gasteiger partial charge in [0, 0.05) is 36.2 Å². The smallest absolute Gasteiger partial charge is 0.225 e. The summed E-state index contributed by atoms with van der Waals surface area (Å²) in [6, 6.07) is 10.1. The van der Waals surface area contributed by atoms with Gasteiger partial charge in [-0.2, -0.15) is 5.10 Å². The molecule has 0 unspecified atom stereocenters. The van der Waals surface area contributed by atoms with Gasteiger partial charge in [0.1, 0.15) is 0 Å². The van der Waals surface area contributed by atoms with Crippen molar-refractivity contribution in [1.29, 1.82) is 0 Å². The number of hydrogen-bond donors (Lipinski definition) is 1. The van der Waals surface area contributed by atoms with Gasteiger partial charge >= 0.3 is 0 Å². The van der Waals surface area contributed by atoms with Gasteiger partial charge in [0.25, 0.3) is 0 Å².